The summed E-state index contributed by atoms with van der Waals surface area (Å²) in [5, 5.41) is 0. The molecule has 1 aromatic heterocycles. The zero-order valence-corrected chi connectivity index (χ0v) is 26.6. The SMILES string of the molecule is CCOC(=O)c1cn(C(CC)C(C)(C)COCc2ccccc2)c(/C(=C/c2c(C)ccc(OC)c2OC(F)F)CC)cc1=O. The fraction of sp³-hybridized carbons (Fsp3) is 0.429. The van der Waals surface area contributed by atoms with Crippen molar-refractivity contribution in [1.82, 2.24) is 4.57 Å². The van der Waals surface area contributed by atoms with Gasteiger partial charge in [-0.05, 0) is 55.5 Å². The predicted molar refractivity (Wildman–Crippen MR) is 168 cm³/mol. The van der Waals surface area contributed by atoms with Crippen LogP contribution in [0.5, 0.6) is 11.5 Å². The van der Waals surface area contributed by atoms with Crippen LogP contribution in [0, 0.1) is 12.3 Å². The first-order chi connectivity index (χ1) is 21.0. The average Bonchev–Trinajstić information content (AvgIpc) is 2.98. The number of hydrogen-bond donors (Lipinski definition) is 0. The second-order valence-electron chi connectivity index (χ2n) is 11.2. The van der Waals surface area contributed by atoms with Crippen LogP contribution in [-0.4, -0.2) is 37.5 Å². The third-order valence-electron chi connectivity index (χ3n) is 7.62. The van der Waals surface area contributed by atoms with E-state index < -0.39 is 23.4 Å². The van der Waals surface area contributed by atoms with Crippen LogP contribution in [0.3, 0.4) is 0 Å². The maximum absolute atomic E-state index is 13.5. The van der Waals surface area contributed by atoms with Crippen molar-refractivity contribution in [3.8, 4) is 11.5 Å². The van der Waals surface area contributed by atoms with Crippen LogP contribution in [-0.2, 0) is 16.1 Å². The average molecular weight is 612 g/mol. The quantitative estimate of drug-likeness (QED) is 0.162. The summed E-state index contributed by atoms with van der Waals surface area (Å²) >= 11 is 0. The lowest BCUT2D eigenvalue weighted by Crippen LogP contribution is -2.34. The third-order valence-corrected chi connectivity index (χ3v) is 7.62. The summed E-state index contributed by atoms with van der Waals surface area (Å²) in [7, 11) is 1.39. The summed E-state index contributed by atoms with van der Waals surface area (Å²) in [5.41, 5.74) is 2.37. The van der Waals surface area contributed by atoms with Crippen molar-refractivity contribution >= 4 is 17.6 Å². The Balaban J connectivity index is 2.20. The predicted octanol–water partition coefficient (Wildman–Crippen LogP) is 8.09. The Morgan fingerprint density at radius 2 is 1.77 bits per heavy atom. The fourth-order valence-electron chi connectivity index (χ4n) is 5.42. The molecule has 7 nitrogen and oxygen atoms in total. The van der Waals surface area contributed by atoms with E-state index in [4.69, 9.17) is 18.9 Å². The van der Waals surface area contributed by atoms with E-state index in [1.165, 1.54) is 13.2 Å². The normalized spacial score (nSPS) is 12.7. The van der Waals surface area contributed by atoms with E-state index >= 15 is 0 Å². The molecule has 0 N–H and O–H groups in total. The molecule has 0 aliphatic carbocycles. The summed E-state index contributed by atoms with van der Waals surface area (Å²) in [6, 6.07) is 14.4. The molecule has 44 heavy (non-hydrogen) atoms. The highest BCUT2D eigenvalue weighted by molar-refractivity contribution is 5.90. The maximum atomic E-state index is 13.5. The molecule has 1 heterocycles. The standard InChI is InChI=1S/C35H43F2NO6/c1-8-25(18-26-23(4)16-17-30(41-7)32(26)44-34(36)37)28-19-29(39)27(33(40)43-10-3)20-38(28)31(9-2)35(5,6)22-42-21-24-14-12-11-13-15-24/h11-20,31,34H,8-10,21-22H2,1-7H3/b25-18+. The molecule has 0 saturated heterocycles. The monoisotopic (exact) mass is 611 g/mol. The lowest BCUT2D eigenvalue weighted by Gasteiger charge is -2.37. The summed E-state index contributed by atoms with van der Waals surface area (Å²) in [4.78, 5) is 26.2. The molecule has 0 bridgehead atoms. The minimum Gasteiger partial charge on any atom is -0.493 e. The summed E-state index contributed by atoms with van der Waals surface area (Å²) in [6.07, 6.45) is 4.40. The third kappa shape index (κ3) is 8.34. The molecule has 1 unspecified atom stereocenters. The van der Waals surface area contributed by atoms with Gasteiger partial charge in [0.05, 0.1) is 26.9 Å². The molecule has 0 aliphatic heterocycles. The minimum atomic E-state index is -3.06. The molecule has 9 heteroatoms. The van der Waals surface area contributed by atoms with Crippen LogP contribution in [0.25, 0.3) is 11.6 Å². The highest BCUT2D eigenvalue weighted by Gasteiger charge is 2.32. The van der Waals surface area contributed by atoms with Gasteiger partial charge in [-0.2, -0.15) is 8.78 Å². The van der Waals surface area contributed by atoms with E-state index in [9.17, 15) is 18.4 Å². The van der Waals surface area contributed by atoms with Crippen molar-refractivity contribution in [3.63, 3.8) is 0 Å². The number of carbonyl (C=O) groups excluding carboxylic acids is 1. The molecule has 0 radical (unpaired) electrons. The first kappa shape index (κ1) is 34.5. The van der Waals surface area contributed by atoms with E-state index in [2.05, 4.69) is 13.8 Å². The van der Waals surface area contributed by atoms with Gasteiger partial charge in [-0.15, -0.1) is 0 Å². The van der Waals surface area contributed by atoms with Gasteiger partial charge < -0.3 is 23.5 Å². The number of esters is 1. The molecule has 3 rings (SSSR count). The van der Waals surface area contributed by atoms with Crippen molar-refractivity contribution < 1.29 is 32.5 Å². The molecule has 2 aromatic carbocycles. The van der Waals surface area contributed by atoms with Crippen LogP contribution < -0.4 is 14.9 Å². The Hall–Kier alpha value is -3.98. The highest BCUT2D eigenvalue weighted by Crippen LogP contribution is 2.40. The Labute approximate surface area is 258 Å². The fourth-order valence-corrected chi connectivity index (χ4v) is 5.42. The van der Waals surface area contributed by atoms with E-state index in [1.54, 1.807) is 38.3 Å². The van der Waals surface area contributed by atoms with Gasteiger partial charge in [-0.1, -0.05) is 64.1 Å². The van der Waals surface area contributed by atoms with Crippen LogP contribution in [0.2, 0.25) is 0 Å². The van der Waals surface area contributed by atoms with Gasteiger partial charge in [0, 0.05) is 35.0 Å². The van der Waals surface area contributed by atoms with E-state index in [1.807, 2.05) is 48.7 Å². The number of allylic oxidation sites excluding steroid dienone is 1. The second-order valence-corrected chi connectivity index (χ2v) is 11.2. The number of nitrogens with zero attached hydrogens (tertiary/aromatic N) is 1. The number of aryl methyl sites for hydroxylation is 1. The maximum Gasteiger partial charge on any atom is 0.387 e. The molecule has 0 spiro atoms. The van der Waals surface area contributed by atoms with Crippen LogP contribution in [0.15, 0.2) is 59.5 Å². The summed E-state index contributed by atoms with van der Waals surface area (Å²) in [5.74, 6) is -0.632. The highest BCUT2D eigenvalue weighted by atomic mass is 19.3. The molecule has 3 aromatic rings. The molecule has 238 valence electrons. The van der Waals surface area contributed by atoms with E-state index in [-0.39, 0.29) is 29.7 Å². The van der Waals surface area contributed by atoms with Gasteiger partial charge in [-0.3, -0.25) is 4.79 Å². The molecular formula is C35H43F2NO6. The lowest BCUT2D eigenvalue weighted by atomic mass is 9.82. The van der Waals surface area contributed by atoms with Crippen molar-refractivity contribution in [3.05, 3.63) is 92.9 Å². The zero-order chi connectivity index (χ0) is 32.4. The molecule has 0 fully saturated rings. The Kier molecular flexibility index (Phi) is 12.3. The van der Waals surface area contributed by atoms with Gasteiger partial charge in [0.2, 0.25) is 0 Å². The number of methoxy groups -OCH3 is 1. The Morgan fingerprint density at radius 1 is 1.07 bits per heavy atom. The number of benzene rings is 2. The molecule has 0 aliphatic rings. The van der Waals surface area contributed by atoms with Crippen LogP contribution in [0.4, 0.5) is 8.78 Å². The first-order valence-electron chi connectivity index (χ1n) is 14.9. The number of pyridine rings is 1. The second kappa shape index (κ2) is 15.7. The number of halogens is 2. The van der Waals surface area contributed by atoms with Crippen molar-refractivity contribution in [2.24, 2.45) is 5.41 Å². The number of ether oxygens (including phenoxy) is 4. The molecule has 0 saturated carbocycles. The largest absolute Gasteiger partial charge is 0.493 e. The van der Waals surface area contributed by atoms with Gasteiger partial charge >= 0.3 is 12.6 Å². The van der Waals surface area contributed by atoms with Gasteiger partial charge in [-0.25, -0.2) is 4.79 Å². The van der Waals surface area contributed by atoms with Gasteiger partial charge in [0.15, 0.2) is 16.9 Å². The topological polar surface area (TPSA) is 76.0 Å². The lowest BCUT2D eigenvalue weighted by molar-refractivity contribution is -0.0513. The number of aromatic nitrogens is 1. The zero-order valence-electron chi connectivity index (χ0n) is 26.6. The van der Waals surface area contributed by atoms with E-state index in [0.717, 1.165) is 5.56 Å². The van der Waals surface area contributed by atoms with Crippen molar-refractivity contribution in [2.45, 2.75) is 73.6 Å². The van der Waals surface area contributed by atoms with E-state index in [0.29, 0.717) is 48.4 Å². The molecule has 1 atom stereocenters. The van der Waals surface area contributed by atoms with Crippen molar-refractivity contribution in [2.75, 3.05) is 20.3 Å². The van der Waals surface area contributed by atoms with Crippen molar-refractivity contribution in [1.29, 1.82) is 0 Å². The minimum absolute atomic E-state index is 0.0789. The van der Waals surface area contributed by atoms with Gasteiger partial charge in [0.25, 0.3) is 0 Å². The molecule has 0 amide bonds. The number of carbonyl (C=O) groups is 1. The van der Waals surface area contributed by atoms with Crippen LogP contribution in [0.1, 0.15) is 86.2 Å². The van der Waals surface area contributed by atoms with Gasteiger partial charge in [0.1, 0.15) is 5.56 Å². The Morgan fingerprint density at radius 3 is 2.36 bits per heavy atom. The first-order valence-corrected chi connectivity index (χ1v) is 14.9. The summed E-state index contributed by atoms with van der Waals surface area (Å²) < 4.78 is 50.5. The number of hydrogen-bond acceptors (Lipinski definition) is 6. The molecular weight excluding hydrogens is 568 g/mol. The smallest absolute Gasteiger partial charge is 0.387 e. The number of alkyl halides is 2. The Bertz CT molecular complexity index is 1500. The van der Waals surface area contributed by atoms with Crippen LogP contribution >= 0.6 is 0 Å². The summed E-state index contributed by atoms with van der Waals surface area (Å²) in [6.45, 7) is 9.47. The number of rotatable bonds is 15.